The molecule has 26 heavy (non-hydrogen) atoms. The summed E-state index contributed by atoms with van der Waals surface area (Å²) in [5.41, 5.74) is 3.83. The second-order valence-corrected chi connectivity index (χ2v) is 7.01. The highest BCUT2D eigenvalue weighted by atomic mass is 16.5. The van der Waals surface area contributed by atoms with E-state index in [1.807, 2.05) is 30.3 Å². The topological polar surface area (TPSA) is 50.8 Å². The molecule has 0 radical (unpaired) electrons. The first-order valence-electron chi connectivity index (χ1n) is 9.10. The van der Waals surface area contributed by atoms with Crippen LogP contribution in [0.15, 0.2) is 42.5 Å². The molecule has 1 fully saturated rings. The molecule has 1 N–H and O–H groups in total. The Hall–Kier alpha value is -2.53. The predicted octanol–water partition coefficient (Wildman–Crippen LogP) is 2.95. The molecule has 5 nitrogen and oxygen atoms in total. The number of esters is 1. The Balaban J connectivity index is 1.56. The Bertz CT molecular complexity index is 803. The van der Waals surface area contributed by atoms with Crippen LogP contribution in [-0.4, -0.2) is 38.8 Å². The van der Waals surface area contributed by atoms with Gasteiger partial charge in [-0.1, -0.05) is 18.2 Å². The number of fused-ring (bicyclic) bond motifs is 1. The van der Waals surface area contributed by atoms with Crippen LogP contribution in [0.5, 0.6) is 5.75 Å². The van der Waals surface area contributed by atoms with E-state index in [1.54, 1.807) is 7.11 Å². The zero-order chi connectivity index (χ0) is 18.1. The third-order valence-electron chi connectivity index (χ3n) is 5.19. The molecule has 2 aromatic rings. The summed E-state index contributed by atoms with van der Waals surface area (Å²) < 4.78 is 10.9. The minimum Gasteiger partial charge on any atom is -0.497 e. The van der Waals surface area contributed by atoms with Gasteiger partial charge in [-0.15, -0.1) is 0 Å². The van der Waals surface area contributed by atoms with E-state index in [-0.39, 0.29) is 12.1 Å². The normalized spacial score (nSPS) is 22.5. The fourth-order valence-electron chi connectivity index (χ4n) is 3.73. The highest BCUT2D eigenvalue weighted by Gasteiger charge is 2.28. The lowest BCUT2D eigenvalue weighted by atomic mass is 9.94. The predicted molar refractivity (Wildman–Crippen MR) is 101 cm³/mol. The van der Waals surface area contributed by atoms with Crippen LogP contribution in [0.3, 0.4) is 0 Å². The van der Waals surface area contributed by atoms with E-state index in [1.165, 1.54) is 0 Å². The van der Waals surface area contributed by atoms with E-state index >= 15 is 0 Å². The van der Waals surface area contributed by atoms with Gasteiger partial charge in [0.1, 0.15) is 11.9 Å². The molecule has 0 amide bonds. The molecule has 0 saturated carbocycles. The summed E-state index contributed by atoms with van der Waals surface area (Å²) in [6.45, 7) is 5.04. The average Bonchev–Trinajstić information content (AvgIpc) is 2.68. The van der Waals surface area contributed by atoms with Crippen LogP contribution in [0.4, 0.5) is 5.69 Å². The number of methoxy groups -OCH3 is 1. The van der Waals surface area contributed by atoms with E-state index in [0.717, 1.165) is 42.2 Å². The van der Waals surface area contributed by atoms with Crippen LogP contribution < -0.4 is 15.0 Å². The molecule has 4 rings (SSSR count). The fourth-order valence-corrected chi connectivity index (χ4v) is 3.73. The summed E-state index contributed by atoms with van der Waals surface area (Å²) in [5.74, 6) is 0.559. The van der Waals surface area contributed by atoms with Crippen molar-refractivity contribution in [2.24, 2.45) is 0 Å². The molecule has 2 aliphatic rings. The number of hydrogen-bond donors (Lipinski definition) is 1. The van der Waals surface area contributed by atoms with Crippen LogP contribution in [-0.2, 0) is 11.2 Å². The van der Waals surface area contributed by atoms with Crippen LogP contribution in [0, 0.1) is 0 Å². The lowest BCUT2D eigenvalue weighted by Gasteiger charge is -2.34. The van der Waals surface area contributed by atoms with Crippen LogP contribution in [0.2, 0.25) is 0 Å². The van der Waals surface area contributed by atoms with Crippen molar-refractivity contribution in [3.63, 3.8) is 0 Å². The van der Waals surface area contributed by atoms with Gasteiger partial charge in [0.15, 0.2) is 0 Å². The van der Waals surface area contributed by atoms with Gasteiger partial charge >= 0.3 is 5.97 Å². The van der Waals surface area contributed by atoms with E-state index in [9.17, 15) is 4.79 Å². The fraction of sp³-hybridized carbons (Fsp3) is 0.381. The zero-order valence-electron chi connectivity index (χ0n) is 15.2. The third kappa shape index (κ3) is 3.27. The van der Waals surface area contributed by atoms with Crippen molar-refractivity contribution in [1.29, 1.82) is 0 Å². The van der Waals surface area contributed by atoms with Crippen molar-refractivity contribution in [1.82, 2.24) is 5.32 Å². The van der Waals surface area contributed by atoms with Crippen molar-refractivity contribution in [3.8, 4) is 5.75 Å². The Morgan fingerprint density at radius 2 is 2.00 bits per heavy atom. The quantitative estimate of drug-likeness (QED) is 0.861. The van der Waals surface area contributed by atoms with Gasteiger partial charge in [-0.3, -0.25) is 0 Å². The number of carbonyl (C=O) groups excluding carboxylic acids is 1. The van der Waals surface area contributed by atoms with Crippen molar-refractivity contribution in [2.45, 2.75) is 25.5 Å². The number of carbonyl (C=O) groups is 1. The van der Waals surface area contributed by atoms with Gasteiger partial charge in [-0.25, -0.2) is 4.79 Å². The van der Waals surface area contributed by atoms with Crippen molar-refractivity contribution in [2.75, 3.05) is 31.6 Å². The van der Waals surface area contributed by atoms with Crippen molar-refractivity contribution >= 4 is 11.7 Å². The van der Waals surface area contributed by atoms with E-state index in [0.29, 0.717) is 18.0 Å². The monoisotopic (exact) mass is 352 g/mol. The van der Waals surface area contributed by atoms with Crippen molar-refractivity contribution < 1.29 is 14.3 Å². The Morgan fingerprint density at radius 1 is 1.19 bits per heavy atom. The summed E-state index contributed by atoms with van der Waals surface area (Å²) in [6.07, 6.45) is 0.456. The number of nitrogens with zero attached hydrogens (tertiary/aromatic N) is 1. The second-order valence-electron chi connectivity index (χ2n) is 7.01. The van der Waals surface area contributed by atoms with Crippen molar-refractivity contribution in [3.05, 3.63) is 59.2 Å². The van der Waals surface area contributed by atoms with Gasteiger partial charge < -0.3 is 19.7 Å². The van der Waals surface area contributed by atoms with E-state index in [4.69, 9.17) is 9.47 Å². The molecule has 0 spiro atoms. The van der Waals surface area contributed by atoms with Gasteiger partial charge in [-0.2, -0.15) is 0 Å². The molecular weight excluding hydrogens is 328 g/mol. The highest BCUT2D eigenvalue weighted by molar-refractivity contribution is 5.93. The largest absolute Gasteiger partial charge is 0.497 e. The number of nitrogens with one attached hydrogen (secondary N) is 1. The molecule has 1 unspecified atom stereocenters. The van der Waals surface area contributed by atoms with Crippen LogP contribution in [0.1, 0.15) is 34.5 Å². The molecule has 2 heterocycles. The first-order chi connectivity index (χ1) is 12.6. The zero-order valence-corrected chi connectivity index (χ0v) is 15.2. The van der Waals surface area contributed by atoms with Gasteiger partial charge in [0.2, 0.25) is 0 Å². The first kappa shape index (κ1) is 16.9. The van der Waals surface area contributed by atoms with Gasteiger partial charge in [-0.05, 0) is 42.3 Å². The summed E-state index contributed by atoms with van der Waals surface area (Å²) in [7, 11) is 1.64. The average molecular weight is 352 g/mol. The van der Waals surface area contributed by atoms with Gasteiger partial charge in [0.05, 0.1) is 12.7 Å². The smallest absolute Gasteiger partial charge is 0.339 e. The summed E-state index contributed by atoms with van der Waals surface area (Å²) in [6, 6.07) is 14.3. The molecule has 136 valence electrons. The Morgan fingerprint density at radius 3 is 2.73 bits per heavy atom. The summed E-state index contributed by atoms with van der Waals surface area (Å²) in [4.78, 5) is 14.9. The van der Waals surface area contributed by atoms with Gasteiger partial charge in [0, 0.05) is 37.8 Å². The molecule has 0 aliphatic carbocycles. The third-order valence-corrected chi connectivity index (χ3v) is 5.19. The van der Waals surface area contributed by atoms with E-state index < -0.39 is 0 Å². The summed E-state index contributed by atoms with van der Waals surface area (Å²) >= 11 is 0. The standard InChI is InChI=1S/C21H24N2O3/c1-14-13-23(10-9-22-14)17-6-3-16-11-20(26-21(24)19(16)12-17)15-4-7-18(25-2)8-5-15/h3-8,12,14,20,22H,9-11,13H2,1-2H3/t14-,20?/m0/s1. The number of piperazine rings is 1. The SMILES string of the molecule is COc1ccc(C2Cc3ccc(N4CCN[C@@H](C)C4)cc3C(=O)O2)cc1. The minimum atomic E-state index is -0.244. The number of cyclic esters (lactones) is 1. The number of benzene rings is 2. The second kappa shape index (κ2) is 7.00. The molecule has 5 heteroatoms. The number of anilines is 1. The minimum absolute atomic E-state index is 0.239. The summed E-state index contributed by atoms with van der Waals surface area (Å²) in [5, 5.41) is 3.44. The maximum absolute atomic E-state index is 12.6. The van der Waals surface area contributed by atoms with E-state index in [2.05, 4.69) is 29.3 Å². The maximum atomic E-state index is 12.6. The lowest BCUT2D eigenvalue weighted by Crippen LogP contribution is -2.49. The Kier molecular flexibility index (Phi) is 4.55. The number of rotatable bonds is 3. The molecule has 0 aromatic heterocycles. The Labute approximate surface area is 153 Å². The molecule has 2 atom stereocenters. The van der Waals surface area contributed by atoms with Crippen LogP contribution in [0.25, 0.3) is 0 Å². The maximum Gasteiger partial charge on any atom is 0.339 e. The first-order valence-corrected chi connectivity index (χ1v) is 9.10. The molecule has 2 aliphatic heterocycles. The number of ether oxygens (including phenoxy) is 2. The molecule has 2 aromatic carbocycles. The van der Waals surface area contributed by atoms with Gasteiger partial charge in [0.25, 0.3) is 0 Å². The molecule has 1 saturated heterocycles. The lowest BCUT2D eigenvalue weighted by molar-refractivity contribution is 0.0253. The number of hydrogen-bond acceptors (Lipinski definition) is 5. The van der Waals surface area contributed by atoms with Crippen LogP contribution >= 0.6 is 0 Å². The highest BCUT2D eigenvalue weighted by Crippen LogP contribution is 2.33. The molecule has 0 bridgehead atoms. The molecular formula is C21H24N2O3.